The fraction of sp³-hybridized carbons (Fsp3) is 0. The Bertz CT molecular complexity index is 661. The normalized spacial score (nSPS) is 10.5. The predicted octanol–water partition coefficient (Wildman–Crippen LogP) is 5.08. The van der Waals surface area contributed by atoms with Crippen LogP contribution in [-0.2, 0) is 0 Å². The van der Waals surface area contributed by atoms with E-state index >= 15 is 0 Å². The summed E-state index contributed by atoms with van der Waals surface area (Å²) in [4.78, 5) is 4.71. The van der Waals surface area contributed by atoms with E-state index < -0.39 is 0 Å². The molecular weight excluding hydrogens is 353 g/mol. The number of rotatable bonds is 2. The van der Waals surface area contributed by atoms with Crippen LogP contribution in [-0.4, -0.2) is 4.98 Å². The van der Waals surface area contributed by atoms with Gasteiger partial charge in [-0.3, -0.25) is 0 Å². The van der Waals surface area contributed by atoms with Crippen molar-refractivity contribution in [2.45, 2.75) is 0 Å². The number of aromatic nitrogens is 1. The predicted molar refractivity (Wildman–Crippen MR) is 85.7 cm³/mol. The van der Waals surface area contributed by atoms with E-state index in [1.54, 1.807) is 11.3 Å². The minimum Gasteiger partial charge on any atom is -0.236 e. The lowest BCUT2D eigenvalue weighted by Crippen LogP contribution is -1.80. The lowest BCUT2D eigenvalue weighted by Gasteiger charge is -1.97. The van der Waals surface area contributed by atoms with Crippen molar-refractivity contribution in [2.24, 2.45) is 0 Å². The van der Waals surface area contributed by atoms with Crippen molar-refractivity contribution in [1.82, 2.24) is 4.98 Å². The van der Waals surface area contributed by atoms with Crippen molar-refractivity contribution in [1.29, 1.82) is 0 Å². The highest BCUT2D eigenvalue weighted by Crippen LogP contribution is 2.29. The Morgan fingerprint density at radius 1 is 0.889 bits per heavy atom. The lowest BCUT2D eigenvalue weighted by atomic mass is 10.2. The maximum absolute atomic E-state index is 4.71. The molecule has 0 aliphatic heterocycles. The summed E-state index contributed by atoms with van der Waals surface area (Å²) in [6, 6.07) is 18.7. The van der Waals surface area contributed by atoms with Crippen LogP contribution in [0.25, 0.3) is 21.8 Å². The van der Waals surface area contributed by atoms with Crippen molar-refractivity contribution >= 4 is 33.9 Å². The molecule has 0 aliphatic carbocycles. The van der Waals surface area contributed by atoms with Crippen LogP contribution >= 0.6 is 33.9 Å². The van der Waals surface area contributed by atoms with Crippen molar-refractivity contribution in [3.05, 3.63) is 63.5 Å². The first-order chi connectivity index (χ1) is 8.83. The lowest BCUT2D eigenvalue weighted by molar-refractivity contribution is 1.40. The largest absolute Gasteiger partial charge is 0.236 e. The highest BCUT2D eigenvalue weighted by Gasteiger charge is 2.06. The standard InChI is InChI=1S/C15H10INS/c16-13-8-4-7-12(9-13)15-17-14(10-18-15)11-5-2-1-3-6-11/h1-10H. The quantitative estimate of drug-likeness (QED) is 0.579. The summed E-state index contributed by atoms with van der Waals surface area (Å²) in [5.41, 5.74) is 3.41. The van der Waals surface area contributed by atoms with Crippen molar-refractivity contribution in [3.63, 3.8) is 0 Å². The van der Waals surface area contributed by atoms with Gasteiger partial charge in [0, 0.05) is 20.1 Å². The molecule has 1 nitrogen and oxygen atoms in total. The highest BCUT2D eigenvalue weighted by molar-refractivity contribution is 14.1. The molecule has 88 valence electrons. The molecule has 0 radical (unpaired) electrons. The molecule has 0 aliphatic rings. The first-order valence-electron chi connectivity index (χ1n) is 5.60. The molecule has 0 unspecified atom stereocenters. The third-order valence-electron chi connectivity index (χ3n) is 2.65. The molecule has 1 aromatic heterocycles. The first-order valence-corrected chi connectivity index (χ1v) is 7.56. The van der Waals surface area contributed by atoms with Crippen LogP contribution in [0.2, 0.25) is 0 Å². The Morgan fingerprint density at radius 3 is 2.44 bits per heavy atom. The molecular formula is C15H10INS. The fourth-order valence-corrected chi connectivity index (χ4v) is 3.14. The van der Waals surface area contributed by atoms with Crippen LogP contribution < -0.4 is 0 Å². The van der Waals surface area contributed by atoms with Crippen LogP contribution in [0.5, 0.6) is 0 Å². The topological polar surface area (TPSA) is 12.9 Å². The van der Waals surface area contributed by atoms with Crippen molar-refractivity contribution < 1.29 is 0 Å². The van der Waals surface area contributed by atoms with Crippen molar-refractivity contribution in [2.75, 3.05) is 0 Å². The van der Waals surface area contributed by atoms with Crippen LogP contribution in [0.3, 0.4) is 0 Å². The van der Waals surface area contributed by atoms with E-state index in [0.717, 1.165) is 10.7 Å². The second kappa shape index (κ2) is 5.20. The van der Waals surface area contributed by atoms with Gasteiger partial charge in [-0.2, -0.15) is 0 Å². The maximum atomic E-state index is 4.71. The van der Waals surface area contributed by atoms with E-state index in [-0.39, 0.29) is 0 Å². The molecule has 2 aromatic carbocycles. The van der Waals surface area contributed by atoms with E-state index in [1.165, 1.54) is 14.7 Å². The molecule has 0 bridgehead atoms. The smallest absolute Gasteiger partial charge is 0.124 e. The number of thiazole rings is 1. The van der Waals surface area contributed by atoms with Gasteiger partial charge in [0.25, 0.3) is 0 Å². The minimum absolute atomic E-state index is 1.05. The zero-order valence-electron chi connectivity index (χ0n) is 9.51. The highest BCUT2D eigenvalue weighted by atomic mass is 127. The van der Waals surface area contributed by atoms with Crippen molar-refractivity contribution in [3.8, 4) is 21.8 Å². The van der Waals surface area contributed by atoms with Gasteiger partial charge < -0.3 is 0 Å². The van der Waals surface area contributed by atoms with Gasteiger partial charge in [0.2, 0.25) is 0 Å². The van der Waals surface area contributed by atoms with Gasteiger partial charge in [0.1, 0.15) is 5.01 Å². The van der Waals surface area contributed by atoms with E-state index in [2.05, 4.69) is 64.4 Å². The van der Waals surface area contributed by atoms with Gasteiger partial charge in [0.05, 0.1) is 5.69 Å². The van der Waals surface area contributed by atoms with E-state index in [9.17, 15) is 0 Å². The van der Waals surface area contributed by atoms with Crippen LogP contribution in [0.1, 0.15) is 0 Å². The molecule has 18 heavy (non-hydrogen) atoms. The summed E-state index contributed by atoms with van der Waals surface area (Å²) in [6.45, 7) is 0. The third kappa shape index (κ3) is 2.47. The van der Waals surface area contributed by atoms with E-state index in [4.69, 9.17) is 4.98 Å². The fourth-order valence-electron chi connectivity index (χ4n) is 1.77. The molecule has 1 heterocycles. The van der Waals surface area contributed by atoms with Gasteiger partial charge >= 0.3 is 0 Å². The minimum atomic E-state index is 1.05. The number of hydrogen-bond donors (Lipinski definition) is 0. The van der Waals surface area contributed by atoms with Gasteiger partial charge in [-0.15, -0.1) is 11.3 Å². The second-order valence-corrected chi connectivity index (χ2v) is 6.02. The average Bonchev–Trinajstić information content (AvgIpc) is 2.89. The summed E-state index contributed by atoms with van der Waals surface area (Å²) >= 11 is 4.02. The summed E-state index contributed by atoms with van der Waals surface area (Å²) in [5, 5.41) is 3.19. The third-order valence-corrected chi connectivity index (χ3v) is 4.21. The molecule has 0 fully saturated rings. The molecule has 0 amide bonds. The molecule has 0 atom stereocenters. The summed E-state index contributed by atoms with van der Waals surface area (Å²) < 4.78 is 1.24. The Morgan fingerprint density at radius 2 is 1.67 bits per heavy atom. The average molecular weight is 363 g/mol. The number of hydrogen-bond acceptors (Lipinski definition) is 2. The summed E-state index contributed by atoms with van der Waals surface area (Å²) in [5.74, 6) is 0. The Balaban J connectivity index is 2.00. The van der Waals surface area contributed by atoms with Gasteiger partial charge in [0.15, 0.2) is 0 Å². The summed E-state index contributed by atoms with van der Waals surface area (Å²) in [6.07, 6.45) is 0. The maximum Gasteiger partial charge on any atom is 0.124 e. The van der Waals surface area contributed by atoms with Crippen LogP contribution in [0.15, 0.2) is 60.0 Å². The molecule has 0 saturated heterocycles. The Kier molecular flexibility index (Phi) is 3.43. The van der Waals surface area contributed by atoms with E-state index in [1.807, 2.05) is 18.2 Å². The zero-order chi connectivity index (χ0) is 12.4. The Labute approximate surface area is 124 Å². The number of nitrogens with zero attached hydrogens (tertiary/aromatic N) is 1. The SMILES string of the molecule is Ic1cccc(-c2nc(-c3ccccc3)cs2)c1. The Hall–Kier alpha value is -1.20. The van der Waals surface area contributed by atoms with E-state index in [0.29, 0.717) is 0 Å². The van der Waals surface area contributed by atoms with Crippen LogP contribution in [0, 0.1) is 3.57 Å². The van der Waals surface area contributed by atoms with Gasteiger partial charge in [-0.25, -0.2) is 4.98 Å². The monoisotopic (exact) mass is 363 g/mol. The number of halogens is 1. The molecule has 0 spiro atoms. The summed E-state index contributed by atoms with van der Waals surface area (Å²) in [7, 11) is 0. The molecule has 0 saturated carbocycles. The number of benzene rings is 2. The zero-order valence-corrected chi connectivity index (χ0v) is 12.5. The molecule has 3 aromatic rings. The van der Waals surface area contributed by atoms with Gasteiger partial charge in [-0.05, 0) is 34.7 Å². The molecule has 0 N–H and O–H groups in total. The first kappa shape index (κ1) is 11.9. The van der Waals surface area contributed by atoms with Crippen LogP contribution in [0.4, 0.5) is 0 Å². The second-order valence-electron chi connectivity index (χ2n) is 3.91. The molecule has 3 heteroatoms. The van der Waals surface area contributed by atoms with Gasteiger partial charge in [-0.1, -0.05) is 42.5 Å². The molecule has 3 rings (SSSR count).